The summed E-state index contributed by atoms with van der Waals surface area (Å²) in [5.41, 5.74) is 1.55. The predicted octanol–water partition coefficient (Wildman–Crippen LogP) is 3.38. The maximum absolute atomic E-state index is 13.0. The van der Waals surface area contributed by atoms with Gasteiger partial charge in [0.1, 0.15) is 5.82 Å². The van der Waals surface area contributed by atoms with Crippen molar-refractivity contribution < 1.29 is 13.2 Å². The number of benzene rings is 1. The molecule has 2 atom stereocenters. The number of rotatable bonds is 6. The molecule has 31 heavy (non-hydrogen) atoms. The fourth-order valence-corrected chi connectivity index (χ4v) is 6.44. The Morgan fingerprint density at radius 3 is 2.61 bits per heavy atom. The molecule has 1 saturated heterocycles. The van der Waals surface area contributed by atoms with Crippen LogP contribution in [0.2, 0.25) is 0 Å². The highest BCUT2D eigenvalue weighted by atomic mass is 32.2. The minimum Gasteiger partial charge on any atom is -0.353 e. The van der Waals surface area contributed by atoms with Crippen LogP contribution in [0.3, 0.4) is 0 Å². The molecule has 1 N–H and O–H groups in total. The molecule has 1 aliphatic heterocycles. The lowest BCUT2D eigenvalue weighted by Crippen LogP contribution is -2.41. The first-order valence-corrected chi connectivity index (χ1v) is 13.0. The Kier molecular flexibility index (Phi) is 6.67. The second-order valence-corrected chi connectivity index (χ2v) is 11.1. The molecule has 1 aliphatic carbocycles. The highest BCUT2D eigenvalue weighted by Gasteiger charge is 2.27. The van der Waals surface area contributed by atoms with E-state index >= 15 is 0 Å². The van der Waals surface area contributed by atoms with Crippen molar-refractivity contribution in [1.29, 1.82) is 0 Å². The van der Waals surface area contributed by atoms with E-state index in [-0.39, 0.29) is 11.9 Å². The van der Waals surface area contributed by atoms with Crippen molar-refractivity contribution in [2.45, 2.75) is 75.6 Å². The average molecular weight is 447 g/mol. The Morgan fingerprint density at radius 2 is 1.87 bits per heavy atom. The molecular formula is C23H34N4O3S. The Balaban J connectivity index is 1.45. The van der Waals surface area contributed by atoms with Crippen molar-refractivity contribution in [1.82, 2.24) is 19.2 Å². The van der Waals surface area contributed by atoms with Gasteiger partial charge < -0.3 is 9.88 Å². The normalized spacial score (nSPS) is 23.2. The van der Waals surface area contributed by atoms with Crippen LogP contribution >= 0.6 is 0 Å². The van der Waals surface area contributed by atoms with Crippen molar-refractivity contribution in [3.63, 3.8) is 0 Å². The summed E-state index contributed by atoms with van der Waals surface area (Å²) in [6, 6.07) is 5.46. The summed E-state index contributed by atoms with van der Waals surface area (Å²) in [5, 5.41) is 3.20. The van der Waals surface area contributed by atoms with Gasteiger partial charge in [-0.15, -0.1) is 0 Å². The molecule has 0 unspecified atom stereocenters. The summed E-state index contributed by atoms with van der Waals surface area (Å²) in [7, 11) is -1.56. The van der Waals surface area contributed by atoms with Crippen LogP contribution in [0.5, 0.6) is 0 Å². The molecule has 7 nitrogen and oxygen atoms in total. The van der Waals surface area contributed by atoms with E-state index in [0.29, 0.717) is 42.3 Å². The molecule has 0 radical (unpaired) electrons. The summed E-state index contributed by atoms with van der Waals surface area (Å²) >= 11 is 0. The number of amides is 1. The van der Waals surface area contributed by atoms with Gasteiger partial charge in [-0.25, -0.2) is 13.4 Å². The Bertz CT molecular complexity index is 1040. The van der Waals surface area contributed by atoms with E-state index in [1.807, 2.05) is 17.7 Å². The smallest absolute Gasteiger partial charge is 0.243 e. The Labute approximate surface area is 185 Å². The quantitative estimate of drug-likeness (QED) is 0.737. The van der Waals surface area contributed by atoms with Crippen molar-refractivity contribution >= 4 is 27.0 Å². The van der Waals surface area contributed by atoms with Crippen molar-refractivity contribution in [2.75, 3.05) is 13.1 Å². The van der Waals surface area contributed by atoms with Gasteiger partial charge in [0.05, 0.1) is 15.9 Å². The van der Waals surface area contributed by atoms with Gasteiger partial charge in [0, 0.05) is 39.0 Å². The molecular weight excluding hydrogens is 412 g/mol. The molecule has 1 aromatic heterocycles. The van der Waals surface area contributed by atoms with Gasteiger partial charge >= 0.3 is 0 Å². The first-order chi connectivity index (χ1) is 14.9. The number of carbonyl (C=O) groups excluding carboxylic acids is 1. The van der Waals surface area contributed by atoms with Gasteiger partial charge in [0.25, 0.3) is 0 Å². The molecule has 8 heteroatoms. The largest absolute Gasteiger partial charge is 0.353 e. The predicted molar refractivity (Wildman–Crippen MR) is 121 cm³/mol. The van der Waals surface area contributed by atoms with E-state index in [0.717, 1.165) is 37.0 Å². The monoisotopic (exact) mass is 446 g/mol. The number of imidazole rings is 1. The van der Waals surface area contributed by atoms with Crippen LogP contribution in [0.25, 0.3) is 11.0 Å². The minimum absolute atomic E-state index is 0.0687. The van der Waals surface area contributed by atoms with E-state index in [1.54, 1.807) is 16.4 Å². The molecule has 2 heterocycles. The Morgan fingerprint density at radius 1 is 1.13 bits per heavy atom. The third kappa shape index (κ3) is 4.80. The number of nitrogens with one attached hydrogen (secondary N) is 1. The average Bonchev–Trinajstić information content (AvgIpc) is 3.09. The summed E-state index contributed by atoms with van der Waals surface area (Å²) in [5.74, 6) is 1.40. The number of sulfonamides is 1. The van der Waals surface area contributed by atoms with Crippen LogP contribution in [0.4, 0.5) is 0 Å². The highest BCUT2D eigenvalue weighted by molar-refractivity contribution is 7.89. The van der Waals surface area contributed by atoms with Gasteiger partial charge in [-0.3, -0.25) is 4.79 Å². The molecule has 4 rings (SSSR count). The molecule has 170 valence electrons. The van der Waals surface area contributed by atoms with Crippen molar-refractivity contribution in [3.8, 4) is 0 Å². The second-order valence-electron chi connectivity index (χ2n) is 9.14. The van der Waals surface area contributed by atoms with Gasteiger partial charge in [-0.2, -0.15) is 4.31 Å². The van der Waals surface area contributed by atoms with Crippen LogP contribution in [0.15, 0.2) is 23.1 Å². The van der Waals surface area contributed by atoms with E-state index in [4.69, 9.17) is 0 Å². The number of piperidine rings is 1. The summed E-state index contributed by atoms with van der Waals surface area (Å²) in [6.45, 7) is 3.39. The fourth-order valence-electron chi connectivity index (χ4n) is 4.90. The van der Waals surface area contributed by atoms with E-state index in [9.17, 15) is 13.2 Å². The second kappa shape index (κ2) is 9.28. The summed E-state index contributed by atoms with van der Waals surface area (Å²) in [6.07, 6.45) is 8.51. The molecule has 0 spiro atoms. The van der Waals surface area contributed by atoms with E-state index < -0.39 is 10.0 Å². The Hall–Kier alpha value is -1.93. The highest BCUT2D eigenvalue weighted by Crippen LogP contribution is 2.26. The zero-order chi connectivity index (χ0) is 22.0. The fraction of sp³-hybridized carbons (Fsp3) is 0.652. The number of carbonyl (C=O) groups is 1. The van der Waals surface area contributed by atoms with Crippen LogP contribution < -0.4 is 5.32 Å². The zero-order valence-corrected chi connectivity index (χ0v) is 19.5. The molecule has 1 saturated carbocycles. The third-order valence-corrected chi connectivity index (χ3v) is 8.83. The maximum atomic E-state index is 13.0. The maximum Gasteiger partial charge on any atom is 0.243 e. The summed E-state index contributed by atoms with van der Waals surface area (Å²) in [4.78, 5) is 17.5. The first kappa shape index (κ1) is 22.3. The topological polar surface area (TPSA) is 84.3 Å². The number of aryl methyl sites for hydroxylation is 2. The summed E-state index contributed by atoms with van der Waals surface area (Å²) < 4.78 is 29.5. The number of hydrogen-bond acceptors (Lipinski definition) is 4. The SMILES string of the molecule is C[C@H]1CCCC[C@@H]1NC(=O)CCc1nc2cc(S(=O)(=O)N3CCCCC3)ccc2n1C. The zero-order valence-electron chi connectivity index (χ0n) is 18.6. The number of fused-ring (bicyclic) bond motifs is 1. The van der Waals surface area contributed by atoms with Gasteiger partial charge in [0.2, 0.25) is 15.9 Å². The number of aromatic nitrogens is 2. The van der Waals surface area contributed by atoms with Crippen molar-refractivity contribution in [3.05, 3.63) is 24.0 Å². The lowest BCUT2D eigenvalue weighted by atomic mass is 9.86. The van der Waals surface area contributed by atoms with Crippen LogP contribution in [0.1, 0.15) is 64.1 Å². The minimum atomic E-state index is -3.48. The first-order valence-electron chi connectivity index (χ1n) is 11.6. The van der Waals surface area contributed by atoms with Crippen LogP contribution in [-0.2, 0) is 28.3 Å². The van der Waals surface area contributed by atoms with E-state index in [1.165, 1.54) is 19.3 Å². The van der Waals surface area contributed by atoms with E-state index in [2.05, 4.69) is 17.2 Å². The molecule has 2 aliphatic rings. The third-order valence-electron chi connectivity index (χ3n) is 6.93. The standard InChI is InChI=1S/C23H34N4O3S/c1-17-8-4-5-9-19(17)25-23(28)13-12-22-24-20-16-18(10-11-21(20)26(22)2)31(29,30)27-14-6-3-7-15-27/h10-11,16-17,19H,3-9,12-15H2,1-2H3,(H,25,28)/t17-,19-/m0/s1. The van der Waals surface area contributed by atoms with Gasteiger partial charge in [0.15, 0.2) is 0 Å². The van der Waals surface area contributed by atoms with Crippen LogP contribution in [0, 0.1) is 5.92 Å². The van der Waals surface area contributed by atoms with Crippen LogP contribution in [-0.4, -0.2) is 47.3 Å². The lowest BCUT2D eigenvalue weighted by Gasteiger charge is -2.29. The number of nitrogens with zero attached hydrogens (tertiary/aromatic N) is 3. The number of hydrogen-bond donors (Lipinski definition) is 1. The molecule has 2 fully saturated rings. The molecule has 1 amide bonds. The molecule has 2 aromatic rings. The molecule has 1 aromatic carbocycles. The van der Waals surface area contributed by atoms with Gasteiger partial charge in [-0.1, -0.05) is 26.2 Å². The molecule has 0 bridgehead atoms. The van der Waals surface area contributed by atoms with Crippen molar-refractivity contribution in [2.24, 2.45) is 13.0 Å². The lowest BCUT2D eigenvalue weighted by molar-refractivity contribution is -0.122. The van der Waals surface area contributed by atoms with Gasteiger partial charge in [-0.05, 0) is 49.8 Å².